The van der Waals surface area contributed by atoms with Crippen molar-refractivity contribution in [3.63, 3.8) is 0 Å². The van der Waals surface area contributed by atoms with Gasteiger partial charge < -0.3 is 25.2 Å². The van der Waals surface area contributed by atoms with E-state index in [-0.39, 0.29) is 17.0 Å². The van der Waals surface area contributed by atoms with Gasteiger partial charge in [-0.25, -0.2) is 9.59 Å². The van der Waals surface area contributed by atoms with Gasteiger partial charge in [-0.1, -0.05) is 36.4 Å². The quantitative estimate of drug-likeness (QED) is 0.513. The van der Waals surface area contributed by atoms with E-state index in [4.69, 9.17) is 0 Å². The number of carboxylic acid groups (broad SMARTS) is 1. The van der Waals surface area contributed by atoms with Gasteiger partial charge in [-0.15, -0.1) is 0 Å². The number of methoxy groups -OCH3 is 1. The van der Waals surface area contributed by atoms with Crippen LogP contribution in [0.3, 0.4) is 0 Å². The maximum atomic E-state index is 13.1. The molecule has 1 fully saturated rings. The fraction of sp³-hybridized carbons (Fsp3) is 0.318. The number of hydrogen-bond donors (Lipinski definition) is 3. The van der Waals surface area contributed by atoms with Crippen molar-refractivity contribution in [1.29, 1.82) is 0 Å². The lowest BCUT2D eigenvalue weighted by atomic mass is 9.84. The van der Waals surface area contributed by atoms with Crippen LogP contribution in [0.15, 0.2) is 48.5 Å². The molecule has 3 rings (SSSR count). The molecule has 2 unspecified atom stereocenters. The molecule has 2 amide bonds. The molecule has 2 aromatic carbocycles. The topological polar surface area (TPSA) is 116 Å². The molecule has 0 aromatic heterocycles. The zero-order valence-electron chi connectivity index (χ0n) is 16.6. The first-order valence-corrected chi connectivity index (χ1v) is 9.67. The third-order valence-electron chi connectivity index (χ3n) is 5.35. The molecule has 1 aliphatic rings. The Hall–Kier alpha value is -3.55. The smallest absolute Gasteiger partial charge is 0.407 e. The van der Waals surface area contributed by atoms with Crippen molar-refractivity contribution in [2.24, 2.45) is 5.92 Å². The Labute approximate surface area is 174 Å². The molecule has 0 radical (unpaired) electrons. The van der Waals surface area contributed by atoms with E-state index in [9.17, 15) is 24.6 Å². The van der Waals surface area contributed by atoms with Crippen LogP contribution in [0.5, 0.6) is 5.75 Å². The number of hydrogen-bond acceptors (Lipinski definition) is 5. The number of amides is 2. The number of carbonyl (C=O) groups excluding carboxylic acids is 2. The molecule has 0 bridgehead atoms. The zero-order valence-corrected chi connectivity index (χ0v) is 16.6. The fourth-order valence-corrected chi connectivity index (χ4v) is 3.85. The van der Waals surface area contributed by atoms with E-state index in [2.05, 4.69) is 10.1 Å². The first-order valence-electron chi connectivity index (χ1n) is 9.67. The number of para-hydroxylation sites is 1. The highest BCUT2D eigenvalue weighted by molar-refractivity contribution is 5.99. The van der Waals surface area contributed by atoms with Crippen LogP contribution in [0.2, 0.25) is 0 Å². The van der Waals surface area contributed by atoms with Gasteiger partial charge in [0.25, 0.3) is 0 Å². The largest absolute Gasteiger partial charge is 0.505 e. The number of benzene rings is 2. The summed E-state index contributed by atoms with van der Waals surface area (Å²) in [5.41, 5.74) is 0.949. The number of aromatic hydroxyl groups is 1. The second-order valence-corrected chi connectivity index (χ2v) is 7.16. The second kappa shape index (κ2) is 9.30. The summed E-state index contributed by atoms with van der Waals surface area (Å²) in [5, 5.41) is 22.7. The van der Waals surface area contributed by atoms with E-state index < -0.39 is 29.9 Å². The number of rotatable bonds is 5. The van der Waals surface area contributed by atoms with Crippen LogP contribution in [-0.2, 0) is 16.0 Å². The third-order valence-corrected chi connectivity index (χ3v) is 5.35. The van der Waals surface area contributed by atoms with E-state index in [1.807, 2.05) is 30.3 Å². The van der Waals surface area contributed by atoms with E-state index in [1.54, 1.807) is 0 Å². The summed E-state index contributed by atoms with van der Waals surface area (Å²) in [5.74, 6) is -2.11. The first-order chi connectivity index (χ1) is 14.4. The summed E-state index contributed by atoms with van der Waals surface area (Å²) in [6.07, 6.45) is 0.414. The highest BCUT2D eigenvalue weighted by Crippen LogP contribution is 2.32. The van der Waals surface area contributed by atoms with Crippen LogP contribution in [0, 0.1) is 5.92 Å². The Morgan fingerprint density at radius 1 is 1.13 bits per heavy atom. The van der Waals surface area contributed by atoms with Crippen LogP contribution in [-0.4, -0.2) is 52.8 Å². The number of carbonyl (C=O) groups is 3. The van der Waals surface area contributed by atoms with Crippen molar-refractivity contribution >= 4 is 23.7 Å². The minimum Gasteiger partial charge on any atom is -0.505 e. The molecule has 2 atom stereocenters. The Balaban J connectivity index is 1.85. The highest BCUT2D eigenvalue weighted by atomic mass is 16.5. The molecule has 1 aliphatic heterocycles. The van der Waals surface area contributed by atoms with E-state index in [0.29, 0.717) is 25.8 Å². The van der Waals surface area contributed by atoms with Crippen molar-refractivity contribution < 1.29 is 29.3 Å². The van der Waals surface area contributed by atoms with E-state index >= 15 is 0 Å². The number of esters is 1. The van der Waals surface area contributed by atoms with Gasteiger partial charge >= 0.3 is 12.1 Å². The van der Waals surface area contributed by atoms with Crippen molar-refractivity contribution in [2.75, 3.05) is 19.0 Å². The van der Waals surface area contributed by atoms with E-state index in [1.165, 1.54) is 30.2 Å². The fourth-order valence-electron chi connectivity index (χ4n) is 3.85. The van der Waals surface area contributed by atoms with Gasteiger partial charge in [-0.3, -0.25) is 4.79 Å². The number of ether oxygens (including phenoxy) is 1. The number of nitrogens with one attached hydrogen (secondary N) is 1. The molecule has 1 heterocycles. The molecule has 30 heavy (non-hydrogen) atoms. The normalized spacial score (nSPS) is 18.5. The lowest BCUT2D eigenvalue weighted by Gasteiger charge is -2.39. The Kier molecular flexibility index (Phi) is 6.56. The van der Waals surface area contributed by atoms with Crippen LogP contribution in [0.1, 0.15) is 28.8 Å². The first kappa shape index (κ1) is 21.2. The Morgan fingerprint density at radius 2 is 1.87 bits per heavy atom. The van der Waals surface area contributed by atoms with Gasteiger partial charge in [0.05, 0.1) is 24.8 Å². The van der Waals surface area contributed by atoms with Crippen molar-refractivity contribution in [3.05, 3.63) is 59.7 Å². The van der Waals surface area contributed by atoms with Gasteiger partial charge in [-0.2, -0.15) is 0 Å². The van der Waals surface area contributed by atoms with Gasteiger partial charge in [0.2, 0.25) is 5.91 Å². The lowest BCUT2D eigenvalue weighted by Crippen LogP contribution is -2.52. The highest BCUT2D eigenvalue weighted by Gasteiger charge is 2.38. The summed E-state index contributed by atoms with van der Waals surface area (Å²) >= 11 is 0. The molecule has 1 saturated heterocycles. The molecular weight excluding hydrogens is 388 g/mol. The zero-order chi connectivity index (χ0) is 21.7. The molecule has 8 heteroatoms. The number of anilines is 1. The van der Waals surface area contributed by atoms with Crippen LogP contribution >= 0.6 is 0 Å². The molecule has 8 nitrogen and oxygen atoms in total. The van der Waals surface area contributed by atoms with Crippen molar-refractivity contribution in [2.45, 2.75) is 25.3 Å². The Bertz CT molecular complexity index is 930. The lowest BCUT2D eigenvalue weighted by molar-refractivity contribution is -0.123. The third kappa shape index (κ3) is 4.53. The molecular formula is C22H24N2O6. The van der Waals surface area contributed by atoms with Crippen LogP contribution < -0.4 is 5.32 Å². The van der Waals surface area contributed by atoms with Gasteiger partial charge in [0.15, 0.2) is 5.75 Å². The van der Waals surface area contributed by atoms with Crippen LogP contribution in [0.25, 0.3) is 0 Å². The second-order valence-electron chi connectivity index (χ2n) is 7.16. The SMILES string of the molecule is COC(=O)c1cccc(NC(=O)C2CCCN(C(=O)O)C2Cc2ccccc2)c1O. The molecule has 0 aliphatic carbocycles. The summed E-state index contributed by atoms with van der Waals surface area (Å²) in [7, 11) is 1.20. The maximum absolute atomic E-state index is 13.1. The number of likely N-dealkylation sites (tertiary alicyclic amines) is 1. The van der Waals surface area contributed by atoms with Crippen molar-refractivity contribution in [3.8, 4) is 5.75 Å². The summed E-state index contributed by atoms with van der Waals surface area (Å²) < 4.78 is 4.63. The Morgan fingerprint density at radius 3 is 2.53 bits per heavy atom. The average molecular weight is 412 g/mol. The predicted octanol–water partition coefficient (Wildman–Crippen LogP) is 3.12. The summed E-state index contributed by atoms with van der Waals surface area (Å²) in [4.78, 5) is 38.0. The number of phenols is 1. The average Bonchev–Trinajstić information content (AvgIpc) is 2.75. The number of piperidine rings is 1. The monoisotopic (exact) mass is 412 g/mol. The number of phenolic OH excluding ortho intramolecular Hbond substituents is 1. The van der Waals surface area contributed by atoms with Gasteiger partial charge in [0.1, 0.15) is 5.56 Å². The predicted molar refractivity (Wildman–Crippen MR) is 109 cm³/mol. The van der Waals surface area contributed by atoms with Crippen LogP contribution in [0.4, 0.5) is 10.5 Å². The van der Waals surface area contributed by atoms with E-state index in [0.717, 1.165) is 5.56 Å². The molecule has 0 saturated carbocycles. The number of nitrogens with zero attached hydrogens (tertiary/aromatic N) is 1. The standard InChI is InChI=1S/C22H24N2O6/c1-30-21(27)16-9-5-11-17(19(16)25)23-20(26)15-10-6-12-24(22(28)29)18(15)13-14-7-3-2-4-8-14/h2-5,7-9,11,15,18,25H,6,10,12-13H2,1H3,(H,23,26)(H,28,29). The summed E-state index contributed by atoms with van der Waals surface area (Å²) in [6, 6.07) is 13.3. The van der Waals surface area contributed by atoms with Gasteiger partial charge in [0, 0.05) is 6.54 Å². The minimum absolute atomic E-state index is 0.0630. The van der Waals surface area contributed by atoms with Crippen molar-refractivity contribution in [1.82, 2.24) is 4.90 Å². The molecule has 2 aromatic rings. The molecule has 158 valence electrons. The van der Waals surface area contributed by atoms with Gasteiger partial charge in [-0.05, 0) is 37.0 Å². The molecule has 0 spiro atoms. The summed E-state index contributed by atoms with van der Waals surface area (Å²) in [6.45, 7) is 0.361. The maximum Gasteiger partial charge on any atom is 0.407 e. The minimum atomic E-state index is -1.07. The molecule has 3 N–H and O–H groups in total.